The molecule has 0 aromatic heterocycles. The van der Waals surface area contributed by atoms with Crippen molar-refractivity contribution in [3.8, 4) is 0 Å². The molecule has 3 rings (SSSR count). The number of rotatable bonds is 3. The predicted octanol–water partition coefficient (Wildman–Crippen LogP) is 4.69. The number of carbonyl (C=O) groups excluding carboxylic acids is 1. The van der Waals surface area contributed by atoms with Crippen molar-refractivity contribution in [2.24, 2.45) is 5.92 Å². The fourth-order valence-corrected chi connectivity index (χ4v) is 3.46. The van der Waals surface area contributed by atoms with Gasteiger partial charge in [0.25, 0.3) is 0 Å². The Hall–Kier alpha value is -1.89. The van der Waals surface area contributed by atoms with E-state index in [4.69, 9.17) is 0 Å². The molecular formula is C20H22O. The number of aryl methyl sites for hydroxylation is 1. The lowest BCUT2D eigenvalue weighted by Gasteiger charge is -2.28. The average Bonchev–Trinajstić information content (AvgIpc) is 2.50. The molecule has 0 saturated heterocycles. The van der Waals surface area contributed by atoms with Crippen LogP contribution in [0.15, 0.2) is 54.6 Å². The van der Waals surface area contributed by atoms with Crippen molar-refractivity contribution in [1.29, 1.82) is 0 Å². The lowest BCUT2D eigenvalue weighted by molar-refractivity contribution is -0.124. The lowest BCUT2D eigenvalue weighted by atomic mass is 9.75. The van der Waals surface area contributed by atoms with Crippen LogP contribution < -0.4 is 0 Å². The summed E-state index contributed by atoms with van der Waals surface area (Å²) >= 11 is 0. The number of hydrogen-bond acceptors (Lipinski definition) is 1. The van der Waals surface area contributed by atoms with Crippen LogP contribution in [0.2, 0.25) is 0 Å². The number of Topliss-reactive ketones (excluding diaryl/α,β-unsaturated/α-hetero) is 1. The highest BCUT2D eigenvalue weighted by Gasteiger charge is 2.29. The summed E-state index contributed by atoms with van der Waals surface area (Å²) in [7, 11) is 0. The molecule has 1 saturated carbocycles. The molecule has 0 N–H and O–H groups in total. The molecule has 2 aromatic carbocycles. The predicted molar refractivity (Wildman–Crippen MR) is 86.4 cm³/mol. The summed E-state index contributed by atoms with van der Waals surface area (Å²) in [6.07, 6.45) is 3.63. The molecule has 21 heavy (non-hydrogen) atoms. The van der Waals surface area contributed by atoms with Gasteiger partial charge in [-0.1, -0.05) is 60.2 Å². The van der Waals surface area contributed by atoms with E-state index in [9.17, 15) is 4.79 Å². The summed E-state index contributed by atoms with van der Waals surface area (Å²) in [5, 5.41) is 0. The zero-order valence-corrected chi connectivity index (χ0v) is 12.6. The second kappa shape index (κ2) is 6.26. The second-order valence-corrected chi connectivity index (χ2v) is 6.24. The van der Waals surface area contributed by atoms with Crippen LogP contribution in [0.25, 0.3) is 0 Å². The van der Waals surface area contributed by atoms with Gasteiger partial charge in [0, 0.05) is 12.3 Å². The molecule has 2 unspecified atom stereocenters. The zero-order chi connectivity index (χ0) is 14.7. The Morgan fingerprint density at radius 1 is 1.05 bits per heavy atom. The molecule has 2 atom stereocenters. The van der Waals surface area contributed by atoms with Crippen LogP contribution in [0.4, 0.5) is 0 Å². The standard InChI is InChI=1S/C20H22O/c1-15-6-5-7-16(12-15)13-19-14-18(10-11-20(19)21)17-8-3-2-4-9-17/h2-9,12,18-19H,10-11,13-14H2,1H3. The minimum atomic E-state index is 0.186. The fourth-order valence-electron chi connectivity index (χ4n) is 3.46. The van der Waals surface area contributed by atoms with Crippen molar-refractivity contribution in [3.05, 3.63) is 71.3 Å². The van der Waals surface area contributed by atoms with E-state index < -0.39 is 0 Å². The van der Waals surface area contributed by atoms with E-state index in [1.165, 1.54) is 16.7 Å². The molecule has 1 nitrogen and oxygen atoms in total. The molecule has 0 radical (unpaired) electrons. The van der Waals surface area contributed by atoms with Crippen LogP contribution in [0.3, 0.4) is 0 Å². The first-order valence-corrected chi connectivity index (χ1v) is 7.85. The molecule has 1 aliphatic rings. The summed E-state index contributed by atoms with van der Waals surface area (Å²) in [4.78, 5) is 12.3. The Balaban J connectivity index is 1.73. The van der Waals surface area contributed by atoms with Crippen molar-refractivity contribution < 1.29 is 4.79 Å². The van der Waals surface area contributed by atoms with Gasteiger partial charge in [-0.3, -0.25) is 4.79 Å². The van der Waals surface area contributed by atoms with Gasteiger partial charge in [0.15, 0.2) is 0 Å². The highest BCUT2D eigenvalue weighted by Crippen LogP contribution is 2.35. The van der Waals surface area contributed by atoms with E-state index in [2.05, 4.69) is 61.5 Å². The summed E-state index contributed by atoms with van der Waals surface area (Å²) < 4.78 is 0. The van der Waals surface area contributed by atoms with E-state index >= 15 is 0 Å². The van der Waals surface area contributed by atoms with E-state index in [0.29, 0.717) is 11.7 Å². The molecule has 1 aliphatic carbocycles. The molecule has 0 bridgehead atoms. The normalized spacial score (nSPS) is 22.2. The molecule has 2 aromatic rings. The third-order valence-electron chi connectivity index (χ3n) is 4.60. The maximum Gasteiger partial charge on any atom is 0.136 e. The van der Waals surface area contributed by atoms with Gasteiger partial charge in [0.05, 0.1) is 0 Å². The third-order valence-corrected chi connectivity index (χ3v) is 4.60. The molecular weight excluding hydrogens is 256 g/mol. The topological polar surface area (TPSA) is 17.1 Å². The molecule has 0 aliphatic heterocycles. The van der Waals surface area contributed by atoms with Crippen LogP contribution in [0.1, 0.15) is 41.9 Å². The highest BCUT2D eigenvalue weighted by atomic mass is 16.1. The smallest absolute Gasteiger partial charge is 0.136 e. The van der Waals surface area contributed by atoms with Gasteiger partial charge >= 0.3 is 0 Å². The second-order valence-electron chi connectivity index (χ2n) is 6.24. The number of hydrogen-bond donors (Lipinski definition) is 0. The summed E-state index contributed by atoms with van der Waals surface area (Å²) in [5.74, 6) is 1.17. The SMILES string of the molecule is Cc1cccc(CC2CC(c3ccccc3)CCC2=O)c1. The number of carbonyl (C=O) groups is 1. The largest absolute Gasteiger partial charge is 0.299 e. The monoisotopic (exact) mass is 278 g/mol. The van der Waals surface area contributed by atoms with Crippen LogP contribution in [0, 0.1) is 12.8 Å². The first kappa shape index (κ1) is 14.1. The Kier molecular flexibility index (Phi) is 4.19. The zero-order valence-electron chi connectivity index (χ0n) is 12.6. The van der Waals surface area contributed by atoms with Crippen molar-refractivity contribution in [2.45, 2.75) is 38.5 Å². The van der Waals surface area contributed by atoms with Crippen molar-refractivity contribution >= 4 is 5.78 Å². The minimum absolute atomic E-state index is 0.186. The van der Waals surface area contributed by atoms with Gasteiger partial charge < -0.3 is 0 Å². The lowest BCUT2D eigenvalue weighted by Crippen LogP contribution is -2.25. The molecule has 108 valence electrons. The quantitative estimate of drug-likeness (QED) is 0.796. The van der Waals surface area contributed by atoms with Crippen molar-refractivity contribution in [2.75, 3.05) is 0 Å². The van der Waals surface area contributed by atoms with Gasteiger partial charge in [-0.25, -0.2) is 0 Å². The van der Waals surface area contributed by atoms with Gasteiger partial charge in [-0.2, -0.15) is 0 Å². The van der Waals surface area contributed by atoms with E-state index in [1.807, 2.05) is 0 Å². The van der Waals surface area contributed by atoms with E-state index in [-0.39, 0.29) is 5.92 Å². The van der Waals surface area contributed by atoms with Gasteiger partial charge in [0.1, 0.15) is 5.78 Å². The molecule has 0 spiro atoms. The average molecular weight is 278 g/mol. The van der Waals surface area contributed by atoms with Crippen LogP contribution in [-0.2, 0) is 11.2 Å². The Labute approximate surface area is 127 Å². The maximum atomic E-state index is 12.3. The van der Waals surface area contributed by atoms with Crippen molar-refractivity contribution in [1.82, 2.24) is 0 Å². The summed E-state index contributed by atoms with van der Waals surface area (Å²) in [5.41, 5.74) is 3.96. The molecule has 0 amide bonds. The molecule has 1 heteroatoms. The Bertz CT molecular complexity index is 615. The number of benzene rings is 2. The first-order valence-electron chi connectivity index (χ1n) is 7.85. The van der Waals surface area contributed by atoms with Crippen LogP contribution in [0.5, 0.6) is 0 Å². The van der Waals surface area contributed by atoms with E-state index in [0.717, 1.165) is 25.7 Å². The molecule has 0 heterocycles. The minimum Gasteiger partial charge on any atom is -0.299 e. The number of ketones is 1. The van der Waals surface area contributed by atoms with Crippen LogP contribution in [-0.4, -0.2) is 5.78 Å². The van der Waals surface area contributed by atoms with Crippen molar-refractivity contribution in [3.63, 3.8) is 0 Å². The Morgan fingerprint density at radius 3 is 2.62 bits per heavy atom. The summed E-state index contributed by atoms with van der Waals surface area (Å²) in [6.45, 7) is 2.11. The van der Waals surface area contributed by atoms with Gasteiger partial charge in [-0.05, 0) is 43.2 Å². The van der Waals surface area contributed by atoms with Crippen LogP contribution >= 0.6 is 0 Å². The van der Waals surface area contributed by atoms with Gasteiger partial charge in [0.2, 0.25) is 0 Å². The summed E-state index contributed by atoms with van der Waals surface area (Å²) in [6, 6.07) is 19.2. The highest BCUT2D eigenvalue weighted by molar-refractivity contribution is 5.82. The third kappa shape index (κ3) is 3.41. The van der Waals surface area contributed by atoms with E-state index in [1.54, 1.807) is 0 Å². The Morgan fingerprint density at radius 2 is 1.86 bits per heavy atom. The first-order chi connectivity index (χ1) is 10.2. The maximum absolute atomic E-state index is 12.3. The molecule has 1 fully saturated rings. The fraction of sp³-hybridized carbons (Fsp3) is 0.350. The van der Waals surface area contributed by atoms with Gasteiger partial charge in [-0.15, -0.1) is 0 Å².